The number of hydrogen-bond donors (Lipinski definition) is 0. The third-order valence-electron chi connectivity index (χ3n) is 4.21. The lowest BCUT2D eigenvalue weighted by molar-refractivity contribution is 0.0956. The van der Waals surface area contributed by atoms with E-state index in [-0.39, 0.29) is 11.4 Å². The number of hydrogen-bond acceptors (Lipinski definition) is 3. The van der Waals surface area contributed by atoms with E-state index in [0.717, 1.165) is 26.2 Å². The third-order valence-corrected chi connectivity index (χ3v) is 4.21. The number of halogens is 1. The van der Waals surface area contributed by atoms with Gasteiger partial charge in [0.1, 0.15) is 11.9 Å². The Labute approximate surface area is 120 Å². The molecule has 4 heteroatoms. The van der Waals surface area contributed by atoms with E-state index >= 15 is 0 Å². The number of rotatable bonds is 4. The van der Waals surface area contributed by atoms with Gasteiger partial charge in [-0.3, -0.25) is 9.80 Å². The van der Waals surface area contributed by atoms with Crippen LogP contribution in [0.1, 0.15) is 31.4 Å². The maximum atomic E-state index is 14.0. The second kappa shape index (κ2) is 6.83. The first kappa shape index (κ1) is 15.0. The van der Waals surface area contributed by atoms with Crippen molar-refractivity contribution in [2.24, 2.45) is 0 Å². The molecule has 2 rings (SSSR count). The van der Waals surface area contributed by atoms with Gasteiger partial charge in [-0.05, 0) is 19.4 Å². The van der Waals surface area contributed by atoms with Crippen LogP contribution < -0.4 is 0 Å². The Morgan fingerprint density at radius 1 is 1.30 bits per heavy atom. The summed E-state index contributed by atoms with van der Waals surface area (Å²) in [5.41, 5.74) is 0.766. The Kier molecular flexibility index (Phi) is 5.11. The average Bonchev–Trinajstić information content (AvgIpc) is 2.49. The molecule has 108 valence electrons. The van der Waals surface area contributed by atoms with Crippen molar-refractivity contribution < 1.29 is 4.39 Å². The molecule has 20 heavy (non-hydrogen) atoms. The molecule has 0 radical (unpaired) electrons. The lowest BCUT2D eigenvalue weighted by atomic mass is 10.1. The van der Waals surface area contributed by atoms with Crippen molar-refractivity contribution in [3.05, 3.63) is 35.1 Å². The molecule has 1 aliphatic heterocycles. The third kappa shape index (κ3) is 3.36. The van der Waals surface area contributed by atoms with Gasteiger partial charge in [-0.15, -0.1) is 0 Å². The molecular weight excluding hydrogens is 253 g/mol. The SMILES string of the molecule is CCC(C)N1CCN(Cc2cccc(C#N)c2F)CC1. The molecule has 0 saturated carbocycles. The summed E-state index contributed by atoms with van der Waals surface area (Å²) in [5, 5.41) is 8.86. The number of piperazine rings is 1. The summed E-state index contributed by atoms with van der Waals surface area (Å²) >= 11 is 0. The van der Waals surface area contributed by atoms with Crippen LogP contribution in [0, 0.1) is 17.1 Å². The second-order valence-electron chi connectivity index (χ2n) is 5.46. The Bertz CT molecular complexity index is 487. The van der Waals surface area contributed by atoms with Crippen LogP contribution >= 0.6 is 0 Å². The van der Waals surface area contributed by atoms with Crippen LogP contribution in [0.4, 0.5) is 4.39 Å². The van der Waals surface area contributed by atoms with Crippen molar-refractivity contribution in [3.63, 3.8) is 0 Å². The summed E-state index contributed by atoms with van der Waals surface area (Å²) in [6, 6.07) is 7.58. The lowest BCUT2D eigenvalue weighted by Crippen LogP contribution is -2.49. The van der Waals surface area contributed by atoms with Crippen LogP contribution in [-0.4, -0.2) is 42.0 Å². The molecule has 1 aliphatic rings. The van der Waals surface area contributed by atoms with E-state index < -0.39 is 0 Å². The Morgan fingerprint density at radius 2 is 2.00 bits per heavy atom. The summed E-state index contributed by atoms with van der Waals surface area (Å²) in [5.74, 6) is -0.362. The first-order valence-electron chi connectivity index (χ1n) is 7.29. The molecule has 1 fully saturated rings. The van der Waals surface area contributed by atoms with Gasteiger partial charge in [0.2, 0.25) is 0 Å². The number of nitrogens with zero attached hydrogens (tertiary/aromatic N) is 3. The molecule has 0 aromatic heterocycles. The van der Waals surface area contributed by atoms with E-state index in [9.17, 15) is 4.39 Å². The normalized spacial score (nSPS) is 18.7. The molecule has 1 heterocycles. The molecule has 1 unspecified atom stereocenters. The van der Waals surface area contributed by atoms with E-state index in [1.807, 2.05) is 6.07 Å². The van der Waals surface area contributed by atoms with E-state index in [1.54, 1.807) is 12.1 Å². The van der Waals surface area contributed by atoms with Crippen molar-refractivity contribution in [2.45, 2.75) is 32.9 Å². The summed E-state index contributed by atoms with van der Waals surface area (Å²) in [7, 11) is 0. The summed E-state index contributed by atoms with van der Waals surface area (Å²) < 4.78 is 14.0. The van der Waals surface area contributed by atoms with Crippen LogP contribution in [0.25, 0.3) is 0 Å². The van der Waals surface area contributed by atoms with E-state index in [1.165, 1.54) is 12.5 Å². The van der Waals surface area contributed by atoms with Gasteiger partial charge in [0.05, 0.1) is 5.56 Å². The highest BCUT2D eigenvalue weighted by molar-refractivity contribution is 5.34. The molecule has 0 bridgehead atoms. The van der Waals surface area contributed by atoms with E-state index in [4.69, 9.17) is 5.26 Å². The van der Waals surface area contributed by atoms with Gasteiger partial charge in [-0.1, -0.05) is 19.1 Å². The molecule has 0 amide bonds. The maximum absolute atomic E-state index is 14.0. The molecule has 0 spiro atoms. The second-order valence-corrected chi connectivity index (χ2v) is 5.46. The number of benzene rings is 1. The summed E-state index contributed by atoms with van der Waals surface area (Å²) in [4.78, 5) is 4.75. The van der Waals surface area contributed by atoms with Gasteiger partial charge < -0.3 is 0 Å². The van der Waals surface area contributed by atoms with Gasteiger partial charge in [-0.2, -0.15) is 5.26 Å². The van der Waals surface area contributed by atoms with Crippen LogP contribution in [0.15, 0.2) is 18.2 Å². The monoisotopic (exact) mass is 275 g/mol. The molecule has 1 atom stereocenters. The quantitative estimate of drug-likeness (QED) is 0.846. The molecule has 0 aliphatic carbocycles. The summed E-state index contributed by atoms with van der Waals surface area (Å²) in [6.45, 7) is 9.05. The smallest absolute Gasteiger partial charge is 0.145 e. The van der Waals surface area contributed by atoms with E-state index in [2.05, 4.69) is 23.6 Å². The Morgan fingerprint density at radius 3 is 2.60 bits per heavy atom. The lowest BCUT2D eigenvalue weighted by Gasteiger charge is -2.37. The predicted octanol–water partition coefficient (Wildman–Crippen LogP) is 2.61. The van der Waals surface area contributed by atoms with Crippen molar-refractivity contribution in [1.82, 2.24) is 9.80 Å². The Balaban J connectivity index is 1.95. The first-order chi connectivity index (χ1) is 9.65. The topological polar surface area (TPSA) is 30.3 Å². The average molecular weight is 275 g/mol. The molecule has 1 aromatic rings. The predicted molar refractivity (Wildman–Crippen MR) is 77.7 cm³/mol. The molecular formula is C16H22FN3. The van der Waals surface area contributed by atoms with Crippen molar-refractivity contribution >= 4 is 0 Å². The van der Waals surface area contributed by atoms with Gasteiger partial charge in [0, 0.05) is 44.3 Å². The molecule has 3 nitrogen and oxygen atoms in total. The largest absolute Gasteiger partial charge is 0.298 e. The van der Waals surface area contributed by atoms with Gasteiger partial charge >= 0.3 is 0 Å². The van der Waals surface area contributed by atoms with E-state index in [0.29, 0.717) is 18.2 Å². The van der Waals surface area contributed by atoms with Crippen LogP contribution in [0.2, 0.25) is 0 Å². The highest BCUT2D eigenvalue weighted by Gasteiger charge is 2.21. The van der Waals surface area contributed by atoms with Crippen molar-refractivity contribution in [2.75, 3.05) is 26.2 Å². The molecule has 1 aromatic carbocycles. The summed E-state index contributed by atoms with van der Waals surface area (Å²) in [6.07, 6.45) is 1.17. The zero-order valence-electron chi connectivity index (χ0n) is 12.3. The van der Waals surface area contributed by atoms with Gasteiger partial charge in [0.15, 0.2) is 0 Å². The van der Waals surface area contributed by atoms with Crippen molar-refractivity contribution in [3.8, 4) is 6.07 Å². The maximum Gasteiger partial charge on any atom is 0.145 e. The first-order valence-corrected chi connectivity index (χ1v) is 7.29. The van der Waals surface area contributed by atoms with Crippen LogP contribution in [-0.2, 0) is 6.54 Å². The van der Waals surface area contributed by atoms with Gasteiger partial charge in [0.25, 0.3) is 0 Å². The Hall–Kier alpha value is -1.44. The highest BCUT2D eigenvalue weighted by Crippen LogP contribution is 2.16. The molecule has 0 N–H and O–H groups in total. The van der Waals surface area contributed by atoms with Crippen LogP contribution in [0.5, 0.6) is 0 Å². The fraction of sp³-hybridized carbons (Fsp3) is 0.562. The minimum absolute atomic E-state index is 0.140. The fourth-order valence-corrected chi connectivity index (χ4v) is 2.65. The zero-order chi connectivity index (χ0) is 14.5. The minimum Gasteiger partial charge on any atom is -0.298 e. The van der Waals surface area contributed by atoms with Crippen molar-refractivity contribution in [1.29, 1.82) is 5.26 Å². The number of nitriles is 1. The zero-order valence-corrected chi connectivity index (χ0v) is 12.3. The highest BCUT2D eigenvalue weighted by atomic mass is 19.1. The minimum atomic E-state index is -0.362. The van der Waals surface area contributed by atoms with Crippen LogP contribution in [0.3, 0.4) is 0 Å². The van der Waals surface area contributed by atoms with Gasteiger partial charge in [-0.25, -0.2) is 4.39 Å². The fourth-order valence-electron chi connectivity index (χ4n) is 2.65. The molecule has 1 saturated heterocycles. The standard InChI is InChI=1S/C16H22FN3/c1-3-13(2)20-9-7-19(8-10-20)12-15-6-4-5-14(11-18)16(15)17/h4-6,13H,3,7-10,12H2,1-2H3.